The van der Waals surface area contributed by atoms with Gasteiger partial charge in [-0.3, -0.25) is 0 Å². The van der Waals surface area contributed by atoms with Crippen LogP contribution in [0.5, 0.6) is 0 Å². The Morgan fingerprint density at radius 3 is 2.50 bits per heavy atom. The molecule has 0 aromatic rings. The Morgan fingerprint density at radius 1 is 1.50 bits per heavy atom. The summed E-state index contributed by atoms with van der Waals surface area (Å²) in [6, 6.07) is 0. The first-order valence-electron chi connectivity index (χ1n) is 3.44. The Hall–Kier alpha value is -0.590. The van der Waals surface area contributed by atoms with Crippen molar-refractivity contribution in [3.63, 3.8) is 0 Å². The summed E-state index contributed by atoms with van der Waals surface area (Å²) in [7, 11) is 0. The van der Waals surface area contributed by atoms with E-state index in [2.05, 4.69) is 4.85 Å². The number of rotatable bonds is 2. The van der Waals surface area contributed by atoms with Gasteiger partial charge >= 0.3 is 0 Å². The second-order valence-electron chi connectivity index (χ2n) is 2.28. The Morgan fingerprint density at radius 2 is 2.10 bits per heavy atom. The molecule has 1 aliphatic heterocycles. The zero-order chi connectivity index (χ0) is 7.45. The third kappa shape index (κ3) is 1.28. The fourth-order valence-corrected chi connectivity index (χ4v) is 1.02. The van der Waals surface area contributed by atoms with E-state index in [1.807, 2.05) is 6.92 Å². The summed E-state index contributed by atoms with van der Waals surface area (Å²) < 4.78 is 10.6. The monoisotopic (exact) mass is 141 g/mol. The second-order valence-corrected chi connectivity index (χ2v) is 2.28. The van der Waals surface area contributed by atoms with Crippen molar-refractivity contribution in [2.75, 3.05) is 19.8 Å². The van der Waals surface area contributed by atoms with E-state index in [4.69, 9.17) is 16.0 Å². The molecule has 0 saturated carbocycles. The molecule has 0 amide bonds. The van der Waals surface area contributed by atoms with Gasteiger partial charge in [0.15, 0.2) is 0 Å². The van der Waals surface area contributed by atoms with Gasteiger partial charge in [0.05, 0.1) is 13.2 Å². The molecule has 1 fully saturated rings. The molecule has 0 aliphatic carbocycles. The summed E-state index contributed by atoms with van der Waals surface area (Å²) in [5.41, 5.74) is 0. The van der Waals surface area contributed by atoms with E-state index < -0.39 is 5.79 Å². The zero-order valence-corrected chi connectivity index (χ0v) is 6.09. The molecule has 0 spiro atoms. The lowest BCUT2D eigenvalue weighted by Gasteiger charge is -2.18. The van der Waals surface area contributed by atoms with Crippen LogP contribution in [0.1, 0.15) is 13.3 Å². The summed E-state index contributed by atoms with van der Waals surface area (Å²) in [5.74, 6) is -0.568. The van der Waals surface area contributed by atoms with Crippen molar-refractivity contribution in [3.8, 4) is 0 Å². The van der Waals surface area contributed by atoms with E-state index in [-0.39, 0.29) is 0 Å². The SMILES string of the molecule is [C-]#[N+]CC1(CC)OCCO1. The van der Waals surface area contributed by atoms with Crippen LogP contribution in [0.25, 0.3) is 4.85 Å². The van der Waals surface area contributed by atoms with Crippen LogP contribution in [0.3, 0.4) is 0 Å². The molecule has 0 radical (unpaired) electrons. The summed E-state index contributed by atoms with van der Waals surface area (Å²) in [6.07, 6.45) is 0.759. The van der Waals surface area contributed by atoms with E-state index in [0.717, 1.165) is 6.42 Å². The van der Waals surface area contributed by atoms with Crippen LogP contribution in [0.2, 0.25) is 0 Å². The molecular weight excluding hydrogens is 130 g/mol. The Labute approximate surface area is 60.8 Å². The molecule has 56 valence electrons. The van der Waals surface area contributed by atoms with Crippen molar-refractivity contribution in [2.45, 2.75) is 19.1 Å². The lowest BCUT2D eigenvalue weighted by atomic mass is 10.2. The Balaban J connectivity index is 2.51. The van der Waals surface area contributed by atoms with Gasteiger partial charge in [-0.05, 0) is 0 Å². The number of ether oxygens (including phenoxy) is 2. The predicted molar refractivity (Wildman–Crippen MR) is 36.4 cm³/mol. The molecule has 0 N–H and O–H groups in total. The van der Waals surface area contributed by atoms with Gasteiger partial charge in [0.25, 0.3) is 6.54 Å². The normalized spacial score (nSPS) is 22.4. The van der Waals surface area contributed by atoms with Crippen LogP contribution in [0.4, 0.5) is 0 Å². The molecule has 10 heavy (non-hydrogen) atoms. The third-order valence-corrected chi connectivity index (χ3v) is 1.67. The summed E-state index contributed by atoms with van der Waals surface area (Å²) in [5, 5.41) is 0. The lowest BCUT2D eigenvalue weighted by Crippen LogP contribution is -2.31. The summed E-state index contributed by atoms with van der Waals surface area (Å²) in [4.78, 5) is 3.26. The lowest BCUT2D eigenvalue weighted by molar-refractivity contribution is -0.145. The zero-order valence-electron chi connectivity index (χ0n) is 6.09. The third-order valence-electron chi connectivity index (χ3n) is 1.67. The van der Waals surface area contributed by atoms with E-state index >= 15 is 0 Å². The summed E-state index contributed by atoms with van der Waals surface area (Å²) >= 11 is 0. The van der Waals surface area contributed by atoms with Gasteiger partial charge in [0.1, 0.15) is 0 Å². The fraction of sp³-hybridized carbons (Fsp3) is 0.857. The van der Waals surface area contributed by atoms with Gasteiger partial charge in [-0.15, -0.1) is 0 Å². The van der Waals surface area contributed by atoms with Gasteiger partial charge < -0.3 is 14.3 Å². The van der Waals surface area contributed by atoms with Crippen LogP contribution < -0.4 is 0 Å². The van der Waals surface area contributed by atoms with E-state index in [1.54, 1.807) is 0 Å². The highest BCUT2D eigenvalue weighted by molar-refractivity contribution is 4.81. The Kier molecular flexibility index (Phi) is 2.25. The minimum absolute atomic E-state index is 0.323. The van der Waals surface area contributed by atoms with E-state index in [1.165, 1.54) is 0 Å². The topological polar surface area (TPSA) is 22.8 Å². The minimum Gasteiger partial charge on any atom is -0.341 e. The van der Waals surface area contributed by atoms with Crippen LogP contribution in [-0.2, 0) is 9.47 Å². The largest absolute Gasteiger partial charge is 0.341 e. The summed E-state index contributed by atoms with van der Waals surface area (Å²) in [6.45, 7) is 10.2. The number of hydrogen-bond donors (Lipinski definition) is 0. The number of hydrogen-bond acceptors (Lipinski definition) is 2. The van der Waals surface area contributed by atoms with Crippen molar-refractivity contribution >= 4 is 0 Å². The molecule has 1 heterocycles. The maximum atomic E-state index is 6.66. The van der Waals surface area contributed by atoms with Gasteiger partial charge in [0.2, 0.25) is 5.79 Å². The fourth-order valence-electron chi connectivity index (χ4n) is 1.02. The number of nitrogens with zero attached hydrogens (tertiary/aromatic N) is 1. The molecule has 3 nitrogen and oxygen atoms in total. The van der Waals surface area contributed by atoms with Gasteiger partial charge in [0, 0.05) is 6.42 Å². The molecule has 0 atom stereocenters. The molecule has 0 aromatic heterocycles. The van der Waals surface area contributed by atoms with Crippen LogP contribution >= 0.6 is 0 Å². The predicted octanol–water partition coefficient (Wildman–Crippen LogP) is 1.06. The average molecular weight is 141 g/mol. The first kappa shape index (κ1) is 7.52. The van der Waals surface area contributed by atoms with Crippen molar-refractivity contribution < 1.29 is 9.47 Å². The van der Waals surface area contributed by atoms with Crippen LogP contribution in [0.15, 0.2) is 0 Å². The molecule has 0 bridgehead atoms. The van der Waals surface area contributed by atoms with Gasteiger partial charge in [-0.2, -0.15) is 0 Å². The van der Waals surface area contributed by atoms with Gasteiger partial charge in [-0.25, -0.2) is 6.57 Å². The van der Waals surface area contributed by atoms with Crippen molar-refractivity contribution in [2.24, 2.45) is 0 Å². The highest BCUT2D eigenvalue weighted by Gasteiger charge is 2.37. The van der Waals surface area contributed by atoms with Crippen LogP contribution in [-0.4, -0.2) is 25.5 Å². The maximum absolute atomic E-state index is 6.66. The highest BCUT2D eigenvalue weighted by Crippen LogP contribution is 2.23. The smallest absolute Gasteiger partial charge is 0.267 e. The minimum atomic E-state index is -0.568. The quantitative estimate of drug-likeness (QED) is 0.536. The molecule has 3 heteroatoms. The first-order valence-corrected chi connectivity index (χ1v) is 3.44. The van der Waals surface area contributed by atoms with Crippen molar-refractivity contribution in [1.82, 2.24) is 0 Å². The van der Waals surface area contributed by atoms with E-state index in [9.17, 15) is 0 Å². The van der Waals surface area contributed by atoms with Crippen LogP contribution in [0, 0.1) is 6.57 Å². The molecule has 1 rings (SSSR count). The molecule has 0 aromatic carbocycles. The standard InChI is InChI=1S/C7H11NO2/c1-3-7(6-8-2)9-4-5-10-7/h3-6H2,1H3. The molecule has 1 aliphatic rings. The average Bonchev–Trinajstić information content (AvgIpc) is 2.39. The Bertz CT molecular complexity index is 144. The second kappa shape index (κ2) is 3.00. The van der Waals surface area contributed by atoms with E-state index in [0.29, 0.717) is 19.8 Å². The van der Waals surface area contributed by atoms with Crippen molar-refractivity contribution in [1.29, 1.82) is 0 Å². The molecule has 0 unspecified atom stereocenters. The van der Waals surface area contributed by atoms with Gasteiger partial charge in [-0.1, -0.05) is 6.92 Å². The first-order chi connectivity index (χ1) is 4.83. The maximum Gasteiger partial charge on any atom is 0.267 e. The van der Waals surface area contributed by atoms with Crippen molar-refractivity contribution in [3.05, 3.63) is 11.4 Å². The highest BCUT2D eigenvalue weighted by atomic mass is 16.7. The molecule has 1 saturated heterocycles. The molecular formula is C7H11NO2.